The van der Waals surface area contributed by atoms with Crippen molar-refractivity contribution in [3.8, 4) is 11.8 Å². The quantitative estimate of drug-likeness (QED) is 0.281. The third-order valence-corrected chi connectivity index (χ3v) is 4.97. The van der Waals surface area contributed by atoms with E-state index >= 15 is 0 Å². The third-order valence-electron chi connectivity index (χ3n) is 4.33. The predicted octanol–water partition coefficient (Wildman–Crippen LogP) is 3.30. The highest BCUT2D eigenvalue weighted by Gasteiger charge is 2.19. The number of carboxylic acid groups (broad SMARTS) is 1. The van der Waals surface area contributed by atoms with Crippen LogP contribution in [-0.4, -0.2) is 45.5 Å². The Bertz CT molecular complexity index is 1430. The molecule has 0 saturated carbocycles. The van der Waals surface area contributed by atoms with Gasteiger partial charge in [0.15, 0.2) is 0 Å². The van der Waals surface area contributed by atoms with E-state index in [0.717, 1.165) is 16.8 Å². The van der Waals surface area contributed by atoms with E-state index in [4.69, 9.17) is 9.84 Å². The van der Waals surface area contributed by atoms with Crippen molar-refractivity contribution in [3.05, 3.63) is 66.7 Å². The van der Waals surface area contributed by atoms with Crippen LogP contribution in [0.3, 0.4) is 0 Å². The van der Waals surface area contributed by atoms with Crippen molar-refractivity contribution in [1.29, 1.82) is 0 Å². The highest BCUT2D eigenvalue weighted by atomic mass is 32.2. The van der Waals surface area contributed by atoms with Crippen LogP contribution < -0.4 is 15.4 Å². The van der Waals surface area contributed by atoms with Crippen LogP contribution in [0.2, 0.25) is 0 Å². The Labute approximate surface area is 187 Å². The number of ether oxygens (including phenoxy) is 1. The normalized spacial score (nSPS) is 11.2. The molecule has 12 heteroatoms. The highest BCUT2D eigenvalue weighted by Crippen LogP contribution is 2.31. The number of aromatic nitrogens is 3. The number of nitrogens with one attached hydrogen (secondary N) is 2. The van der Waals surface area contributed by atoms with Crippen LogP contribution in [0.1, 0.15) is 0 Å². The van der Waals surface area contributed by atoms with Crippen LogP contribution in [0.5, 0.6) is 11.8 Å². The van der Waals surface area contributed by atoms with Crippen LogP contribution in [-0.2, 0) is 14.9 Å². The molecule has 33 heavy (non-hydrogen) atoms. The first-order valence-electron chi connectivity index (χ1n) is 9.50. The zero-order chi connectivity index (χ0) is 23.4. The number of fused-ring (bicyclic) bond motifs is 1. The largest absolute Gasteiger partial charge is 0.480 e. The molecule has 1 heterocycles. The predicted molar refractivity (Wildman–Crippen MR) is 120 cm³/mol. The molecular formula is C21H17N5O6S. The summed E-state index contributed by atoms with van der Waals surface area (Å²) in [5, 5.41) is 15.0. The Hall–Kier alpha value is -4.29. The number of hydrogen-bond donors (Lipinski definition) is 4. The van der Waals surface area contributed by atoms with Crippen LogP contribution in [0.4, 0.5) is 17.3 Å². The molecule has 1 aromatic heterocycles. The lowest BCUT2D eigenvalue weighted by Crippen LogP contribution is -2.17. The van der Waals surface area contributed by atoms with Gasteiger partial charge in [0.2, 0.25) is 5.95 Å². The van der Waals surface area contributed by atoms with Crippen LogP contribution in [0.15, 0.2) is 71.9 Å². The van der Waals surface area contributed by atoms with Gasteiger partial charge in [0.05, 0.1) is 0 Å². The molecule has 0 saturated heterocycles. The lowest BCUT2D eigenvalue weighted by atomic mass is 10.1. The molecule has 0 radical (unpaired) electrons. The van der Waals surface area contributed by atoms with E-state index in [2.05, 4.69) is 25.6 Å². The van der Waals surface area contributed by atoms with Gasteiger partial charge in [0, 0.05) is 16.8 Å². The van der Waals surface area contributed by atoms with Crippen LogP contribution in [0, 0.1) is 0 Å². The Morgan fingerprint density at radius 2 is 1.73 bits per heavy atom. The molecule has 0 atom stereocenters. The number of nitrogens with zero attached hydrogens (tertiary/aromatic N) is 3. The average Bonchev–Trinajstić information content (AvgIpc) is 2.78. The summed E-state index contributed by atoms with van der Waals surface area (Å²) in [4.78, 5) is 21.8. The van der Waals surface area contributed by atoms with E-state index in [9.17, 15) is 17.8 Å². The molecule has 0 fully saturated rings. The van der Waals surface area contributed by atoms with Crippen molar-refractivity contribution >= 4 is 44.2 Å². The maximum Gasteiger partial charge on any atom is 0.330 e. The van der Waals surface area contributed by atoms with Crippen molar-refractivity contribution in [1.82, 2.24) is 15.0 Å². The second-order valence-corrected chi connectivity index (χ2v) is 8.05. The number of carboxylic acids is 1. The maximum atomic E-state index is 11.5. The van der Waals surface area contributed by atoms with E-state index in [1.807, 2.05) is 54.6 Å². The summed E-state index contributed by atoms with van der Waals surface area (Å²) in [5.41, 5.74) is 1.77. The lowest BCUT2D eigenvalue weighted by Gasteiger charge is -2.11. The number of anilines is 3. The minimum Gasteiger partial charge on any atom is -0.480 e. The first kappa shape index (κ1) is 21.9. The maximum absolute atomic E-state index is 11.5. The third kappa shape index (κ3) is 5.50. The van der Waals surface area contributed by atoms with Gasteiger partial charge in [-0.1, -0.05) is 30.3 Å². The Morgan fingerprint density at radius 1 is 0.939 bits per heavy atom. The number of para-hydroxylation sites is 1. The standard InChI is InChI=1S/C21H17N5O6S/c27-18(28)12-22-19-24-20(26-21(25-19)33(29,30)31)32-17-8-4-5-13-11-15(9-10-16(13)17)23-14-6-2-1-3-7-14/h1-11,23H,12H2,(H,27,28)(H,29,30,31)(H,22,24,25,26). The molecule has 0 aliphatic rings. The van der Waals surface area contributed by atoms with Gasteiger partial charge in [-0.3, -0.25) is 9.35 Å². The molecule has 4 aromatic rings. The van der Waals surface area contributed by atoms with Crippen LogP contribution in [0.25, 0.3) is 10.8 Å². The lowest BCUT2D eigenvalue weighted by molar-refractivity contribution is -0.134. The van der Waals surface area contributed by atoms with Crippen molar-refractivity contribution < 1.29 is 27.6 Å². The van der Waals surface area contributed by atoms with Gasteiger partial charge in [-0.15, -0.1) is 0 Å². The summed E-state index contributed by atoms with van der Waals surface area (Å²) in [6.07, 6.45) is 0. The number of carbonyl (C=O) groups is 1. The molecule has 0 bridgehead atoms. The van der Waals surface area contributed by atoms with E-state index < -0.39 is 33.8 Å². The first-order valence-corrected chi connectivity index (χ1v) is 10.9. The second-order valence-electron chi connectivity index (χ2n) is 6.73. The van der Waals surface area contributed by atoms with Crippen LogP contribution >= 0.6 is 0 Å². The fraction of sp³-hybridized carbons (Fsp3) is 0.0476. The topological polar surface area (TPSA) is 164 Å². The summed E-state index contributed by atoms with van der Waals surface area (Å²) in [6.45, 7) is -0.584. The second kappa shape index (κ2) is 9.06. The molecule has 11 nitrogen and oxygen atoms in total. The minimum atomic E-state index is -4.79. The van der Waals surface area contributed by atoms with Gasteiger partial charge in [-0.25, -0.2) is 0 Å². The zero-order valence-corrected chi connectivity index (χ0v) is 17.7. The van der Waals surface area contributed by atoms with Gasteiger partial charge >= 0.3 is 22.1 Å². The summed E-state index contributed by atoms with van der Waals surface area (Å²) >= 11 is 0. The fourth-order valence-corrected chi connectivity index (χ4v) is 3.34. The van der Waals surface area contributed by atoms with E-state index in [1.54, 1.807) is 12.1 Å². The summed E-state index contributed by atoms with van der Waals surface area (Å²) < 4.78 is 38.1. The van der Waals surface area contributed by atoms with Gasteiger partial charge < -0.3 is 20.5 Å². The Morgan fingerprint density at radius 3 is 2.45 bits per heavy atom. The molecule has 4 rings (SSSR count). The molecule has 0 aliphatic carbocycles. The highest BCUT2D eigenvalue weighted by molar-refractivity contribution is 7.85. The summed E-state index contributed by atoms with van der Waals surface area (Å²) in [5.74, 6) is -1.29. The molecular weight excluding hydrogens is 450 g/mol. The number of benzene rings is 3. The fourth-order valence-electron chi connectivity index (χ4n) is 2.94. The minimum absolute atomic E-state index is 0.315. The monoisotopic (exact) mass is 467 g/mol. The molecule has 0 spiro atoms. The van der Waals surface area contributed by atoms with Gasteiger partial charge in [0.1, 0.15) is 12.3 Å². The molecule has 0 unspecified atom stereocenters. The number of aliphatic carboxylic acids is 1. The van der Waals surface area contributed by atoms with E-state index in [-0.39, 0.29) is 5.95 Å². The van der Waals surface area contributed by atoms with Gasteiger partial charge in [-0.2, -0.15) is 23.4 Å². The molecule has 4 N–H and O–H groups in total. The molecule has 0 amide bonds. The van der Waals surface area contributed by atoms with E-state index in [1.165, 1.54) is 0 Å². The van der Waals surface area contributed by atoms with Crippen molar-refractivity contribution in [2.24, 2.45) is 0 Å². The summed E-state index contributed by atoms with van der Waals surface area (Å²) in [6, 6.07) is 20.0. The molecule has 3 aromatic carbocycles. The smallest absolute Gasteiger partial charge is 0.330 e. The molecule has 0 aliphatic heterocycles. The Balaban J connectivity index is 1.66. The van der Waals surface area contributed by atoms with E-state index in [0.29, 0.717) is 11.1 Å². The summed E-state index contributed by atoms with van der Waals surface area (Å²) in [7, 11) is -4.79. The Kier molecular flexibility index (Phi) is 6.02. The molecule has 168 valence electrons. The van der Waals surface area contributed by atoms with Crippen molar-refractivity contribution in [2.75, 3.05) is 17.2 Å². The number of rotatable bonds is 8. The van der Waals surface area contributed by atoms with Crippen molar-refractivity contribution in [3.63, 3.8) is 0 Å². The van der Waals surface area contributed by atoms with Crippen molar-refractivity contribution in [2.45, 2.75) is 5.16 Å². The van der Waals surface area contributed by atoms with Gasteiger partial charge in [-0.05, 0) is 41.8 Å². The SMILES string of the molecule is O=C(O)CNc1nc(Oc2cccc3cc(Nc4ccccc4)ccc23)nc(S(=O)(=O)O)n1. The first-order chi connectivity index (χ1) is 15.8. The number of hydrogen-bond acceptors (Lipinski definition) is 9. The average molecular weight is 467 g/mol. The zero-order valence-electron chi connectivity index (χ0n) is 16.8. The van der Waals surface area contributed by atoms with Gasteiger partial charge in [0.25, 0.3) is 5.16 Å².